The lowest BCUT2D eigenvalue weighted by molar-refractivity contribution is -0.148. The van der Waals surface area contributed by atoms with Crippen molar-refractivity contribution in [1.82, 2.24) is 9.88 Å². The van der Waals surface area contributed by atoms with Crippen molar-refractivity contribution in [3.05, 3.63) is 78.0 Å². The summed E-state index contributed by atoms with van der Waals surface area (Å²) >= 11 is 0. The van der Waals surface area contributed by atoms with Crippen LogP contribution in [0.5, 0.6) is 23.1 Å². The third-order valence-electron chi connectivity index (χ3n) is 5.83. The summed E-state index contributed by atoms with van der Waals surface area (Å²) in [4.78, 5) is 32.0. The van der Waals surface area contributed by atoms with Gasteiger partial charge in [-0.3, -0.25) is 4.79 Å². The van der Waals surface area contributed by atoms with Gasteiger partial charge in [0.25, 0.3) is 5.91 Å². The SMILES string of the molecule is COc1ccc(CCOC(=O)[C@@H]2CCCN2C(=O)c2cccnc2Oc2ccccc2)cc1OC. The number of nitrogens with zero attached hydrogens (tertiary/aromatic N) is 2. The number of carbonyl (C=O) groups is 2. The average Bonchev–Trinajstić information content (AvgIpc) is 3.39. The highest BCUT2D eigenvalue weighted by atomic mass is 16.5. The molecule has 0 N–H and O–H groups in total. The topological polar surface area (TPSA) is 87.2 Å². The van der Waals surface area contributed by atoms with Crippen LogP contribution in [0.2, 0.25) is 0 Å². The largest absolute Gasteiger partial charge is 0.493 e. The van der Waals surface area contributed by atoms with Crippen molar-refractivity contribution in [2.75, 3.05) is 27.4 Å². The quantitative estimate of drug-likeness (QED) is 0.426. The van der Waals surface area contributed by atoms with Crippen LogP contribution in [0.25, 0.3) is 0 Å². The van der Waals surface area contributed by atoms with Crippen LogP contribution in [0, 0.1) is 0 Å². The molecule has 0 radical (unpaired) electrons. The number of amides is 1. The van der Waals surface area contributed by atoms with Crippen molar-refractivity contribution in [1.29, 1.82) is 0 Å². The zero-order valence-corrected chi connectivity index (χ0v) is 19.8. The summed E-state index contributed by atoms with van der Waals surface area (Å²) in [7, 11) is 3.15. The maximum absolute atomic E-state index is 13.4. The number of benzene rings is 2. The molecule has 1 fully saturated rings. The molecule has 0 unspecified atom stereocenters. The van der Waals surface area contributed by atoms with Crippen LogP contribution in [-0.4, -0.2) is 55.2 Å². The smallest absolute Gasteiger partial charge is 0.328 e. The van der Waals surface area contributed by atoms with E-state index in [9.17, 15) is 9.59 Å². The lowest BCUT2D eigenvalue weighted by Gasteiger charge is -2.24. The van der Waals surface area contributed by atoms with E-state index in [0.29, 0.717) is 42.2 Å². The van der Waals surface area contributed by atoms with E-state index < -0.39 is 12.0 Å². The molecule has 1 aliphatic rings. The summed E-state index contributed by atoms with van der Waals surface area (Å²) < 4.78 is 22.0. The zero-order chi connectivity index (χ0) is 24.6. The Hall–Kier alpha value is -4.07. The molecule has 0 bridgehead atoms. The first-order valence-corrected chi connectivity index (χ1v) is 11.5. The Balaban J connectivity index is 1.39. The fourth-order valence-electron chi connectivity index (χ4n) is 4.05. The predicted molar refractivity (Wildman–Crippen MR) is 129 cm³/mol. The van der Waals surface area contributed by atoms with Gasteiger partial charge in [-0.25, -0.2) is 9.78 Å². The number of esters is 1. The van der Waals surface area contributed by atoms with Gasteiger partial charge in [-0.2, -0.15) is 0 Å². The molecular formula is C27H28N2O6. The molecule has 2 heterocycles. The number of rotatable bonds is 9. The van der Waals surface area contributed by atoms with Crippen LogP contribution < -0.4 is 14.2 Å². The molecule has 1 aromatic heterocycles. The number of ether oxygens (including phenoxy) is 4. The summed E-state index contributed by atoms with van der Waals surface area (Å²) in [5, 5.41) is 0. The first kappa shape index (κ1) is 24.1. The molecule has 1 amide bonds. The molecule has 35 heavy (non-hydrogen) atoms. The fourth-order valence-corrected chi connectivity index (χ4v) is 4.05. The monoisotopic (exact) mass is 476 g/mol. The highest BCUT2D eigenvalue weighted by Crippen LogP contribution is 2.29. The van der Waals surface area contributed by atoms with Gasteiger partial charge in [0, 0.05) is 19.2 Å². The van der Waals surface area contributed by atoms with E-state index in [4.69, 9.17) is 18.9 Å². The normalized spacial score (nSPS) is 14.9. The van der Waals surface area contributed by atoms with Crippen LogP contribution in [0.4, 0.5) is 0 Å². The lowest BCUT2D eigenvalue weighted by Crippen LogP contribution is -2.41. The molecule has 8 heteroatoms. The Morgan fingerprint density at radius 1 is 1.00 bits per heavy atom. The van der Waals surface area contributed by atoms with Crippen LogP contribution in [0.3, 0.4) is 0 Å². The minimum Gasteiger partial charge on any atom is -0.493 e. The average molecular weight is 477 g/mol. The number of pyridine rings is 1. The van der Waals surface area contributed by atoms with Gasteiger partial charge in [0.2, 0.25) is 5.88 Å². The lowest BCUT2D eigenvalue weighted by atomic mass is 10.1. The second-order valence-electron chi connectivity index (χ2n) is 8.03. The van der Waals surface area contributed by atoms with Crippen molar-refractivity contribution in [2.45, 2.75) is 25.3 Å². The van der Waals surface area contributed by atoms with Gasteiger partial charge >= 0.3 is 5.97 Å². The third kappa shape index (κ3) is 5.71. The van der Waals surface area contributed by atoms with Gasteiger partial charge in [-0.15, -0.1) is 0 Å². The maximum Gasteiger partial charge on any atom is 0.328 e. The number of likely N-dealkylation sites (tertiary alicyclic amines) is 1. The second-order valence-corrected chi connectivity index (χ2v) is 8.03. The molecular weight excluding hydrogens is 448 g/mol. The van der Waals surface area contributed by atoms with E-state index in [1.54, 1.807) is 49.6 Å². The van der Waals surface area contributed by atoms with E-state index in [1.807, 2.05) is 36.4 Å². The van der Waals surface area contributed by atoms with Crippen LogP contribution in [0.15, 0.2) is 66.9 Å². The summed E-state index contributed by atoms with van der Waals surface area (Å²) in [5.74, 6) is 1.33. The minimum atomic E-state index is -0.641. The second kappa shape index (κ2) is 11.4. The number of methoxy groups -OCH3 is 2. The zero-order valence-electron chi connectivity index (χ0n) is 19.8. The number of aromatic nitrogens is 1. The first-order valence-electron chi connectivity index (χ1n) is 11.5. The molecule has 4 rings (SSSR count). The van der Waals surface area contributed by atoms with Gasteiger partial charge in [-0.05, 0) is 54.8 Å². The highest BCUT2D eigenvalue weighted by Gasteiger charge is 2.36. The van der Waals surface area contributed by atoms with Crippen molar-refractivity contribution >= 4 is 11.9 Å². The molecule has 1 aliphatic heterocycles. The minimum absolute atomic E-state index is 0.197. The molecule has 0 spiro atoms. The van der Waals surface area contributed by atoms with Crippen molar-refractivity contribution < 1.29 is 28.5 Å². The van der Waals surface area contributed by atoms with Crippen molar-refractivity contribution in [3.8, 4) is 23.1 Å². The van der Waals surface area contributed by atoms with Crippen LogP contribution in [-0.2, 0) is 16.0 Å². The summed E-state index contributed by atoms with van der Waals surface area (Å²) in [6, 6.07) is 17.4. The molecule has 2 aromatic carbocycles. The van der Waals surface area contributed by atoms with Crippen LogP contribution in [0.1, 0.15) is 28.8 Å². The van der Waals surface area contributed by atoms with E-state index in [-0.39, 0.29) is 18.4 Å². The van der Waals surface area contributed by atoms with E-state index in [1.165, 1.54) is 0 Å². The van der Waals surface area contributed by atoms with Gasteiger partial charge in [-0.1, -0.05) is 24.3 Å². The summed E-state index contributed by atoms with van der Waals surface area (Å²) in [6.07, 6.45) is 3.36. The molecule has 8 nitrogen and oxygen atoms in total. The van der Waals surface area contributed by atoms with Crippen molar-refractivity contribution in [2.24, 2.45) is 0 Å². The molecule has 0 aliphatic carbocycles. The number of para-hydroxylation sites is 1. The Morgan fingerprint density at radius 3 is 2.57 bits per heavy atom. The molecule has 182 valence electrons. The maximum atomic E-state index is 13.4. The Morgan fingerprint density at radius 2 is 1.80 bits per heavy atom. The number of hydrogen-bond acceptors (Lipinski definition) is 7. The Kier molecular flexibility index (Phi) is 7.82. The van der Waals surface area contributed by atoms with Gasteiger partial charge < -0.3 is 23.8 Å². The molecule has 1 saturated heterocycles. The van der Waals surface area contributed by atoms with Gasteiger partial charge in [0.05, 0.1) is 20.8 Å². The Labute approximate surface area is 204 Å². The Bertz CT molecular complexity index is 1170. The summed E-state index contributed by atoms with van der Waals surface area (Å²) in [5.41, 5.74) is 1.26. The molecule has 3 aromatic rings. The first-order chi connectivity index (χ1) is 17.1. The van der Waals surface area contributed by atoms with Crippen LogP contribution >= 0.6 is 0 Å². The highest BCUT2D eigenvalue weighted by molar-refractivity contribution is 5.99. The van der Waals surface area contributed by atoms with E-state index >= 15 is 0 Å². The number of hydrogen-bond donors (Lipinski definition) is 0. The van der Waals surface area contributed by atoms with E-state index in [0.717, 1.165) is 12.0 Å². The fraction of sp³-hybridized carbons (Fsp3) is 0.296. The van der Waals surface area contributed by atoms with Gasteiger partial charge in [0.1, 0.15) is 17.4 Å². The number of carbonyl (C=O) groups excluding carboxylic acids is 2. The third-order valence-corrected chi connectivity index (χ3v) is 5.83. The van der Waals surface area contributed by atoms with Crippen molar-refractivity contribution in [3.63, 3.8) is 0 Å². The molecule has 1 atom stereocenters. The predicted octanol–water partition coefficient (Wildman–Crippen LogP) is 4.28. The summed E-state index contributed by atoms with van der Waals surface area (Å²) in [6.45, 7) is 0.663. The van der Waals surface area contributed by atoms with E-state index in [2.05, 4.69) is 4.98 Å². The molecule has 0 saturated carbocycles. The van der Waals surface area contributed by atoms with Gasteiger partial charge in [0.15, 0.2) is 11.5 Å². The standard InChI is InChI=1S/C27H28N2O6/c1-32-23-13-12-19(18-24(23)33-2)14-17-34-27(31)22-11-7-16-29(22)26(30)21-10-6-15-28-25(21)35-20-8-4-3-5-9-20/h3-6,8-10,12-13,15,18,22H,7,11,14,16-17H2,1-2H3/t22-/m0/s1.